The summed E-state index contributed by atoms with van der Waals surface area (Å²) >= 11 is 5.89. The summed E-state index contributed by atoms with van der Waals surface area (Å²) < 4.78 is 2.80. The number of hydrogen-bond donors (Lipinski definition) is 1. The van der Waals surface area contributed by atoms with Crippen molar-refractivity contribution in [1.29, 1.82) is 0 Å². The number of aromatic nitrogens is 3. The molecule has 1 fully saturated rings. The lowest BCUT2D eigenvalue weighted by Crippen LogP contribution is -2.33. The zero-order chi connectivity index (χ0) is 15.1. The molecule has 21 heavy (non-hydrogen) atoms. The molecule has 0 saturated heterocycles. The van der Waals surface area contributed by atoms with Gasteiger partial charge in [0.2, 0.25) is 5.91 Å². The number of rotatable bonds is 4. The second-order valence-electron chi connectivity index (χ2n) is 5.24. The third-order valence-electron chi connectivity index (χ3n) is 3.63. The summed E-state index contributed by atoms with van der Waals surface area (Å²) in [7, 11) is 0. The molecule has 1 heterocycles. The van der Waals surface area contributed by atoms with Crippen LogP contribution in [0.25, 0.3) is 11.4 Å². The normalized spacial score (nSPS) is 15.9. The van der Waals surface area contributed by atoms with Crippen LogP contribution in [-0.4, -0.2) is 20.3 Å². The Morgan fingerprint density at radius 1 is 1.38 bits per heavy atom. The Labute approximate surface area is 126 Å². The zero-order valence-electron chi connectivity index (χ0n) is 11.5. The second kappa shape index (κ2) is 5.04. The Hall–Kier alpha value is -2.08. The summed E-state index contributed by atoms with van der Waals surface area (Å²) in [5.41, 5.74) is 5.77. The monoisotopic (exact) mass is 306 g/mol. The molecule has 1 aromatic heterocycles. The molecule has 1 saturated carbocycles. The van der Waals surface area contributed by atoms with E-state index in [0.29, 0.717) is 10.8 Å². The van der Waals surface area contributed by atoms with E-state index in [-0.39, 0.29) is 11.7 Å². The van der Waals surface area contributed by atoms with E-state index in [9.17, 15) is 9.59 Å². The smallest absolute Gasteiger partial charge is 0.347 e. The van der Waals surface area contributed by atoms with Gasteiger partial charge in [-0.15, -0.1) is 5.10 Å². The number of benzene rings is 1. The summed E-state index contributed by atoms with van der Waals surface area (Å²) in [4.78, 5) is 23.8. The number of carbonyl (C=O) groups excluding carboxylic acids is 1. The van der Waals surface area contributed by atoms with Gasteiger partial charge in [-0.25, -0.2) is 9.48 Å². The molecule has 1 aliphatic carbocycles. The Morgan fingerprint density at radius 3 is 2.52 bits per heavy atom. The minimum atomic E-state index is -0.774. The lowest BCUT2D eigenvalue weighted by molar-refractivity contribution is -0.121. The van der Waals surface area contributed by atoms with E-state index < -0.39 is 11.9 Å². The van der Waals surface area contributed by atoms with Crippen LogP contribution in [-0.2, 0) is 4.79 Å². The van der Waals surface area contributed by atoms with Gasteiger partial charge in [0.15, 0.2) is 5.82 Å². The van der Waals surface area contributed by atoms with Crippen LogP contribution in [0, 0.1) is 0 Å². The fourth-order valence-corrected chi connectivity index (χ4v) is 2.35. The van der Waals surface area contributed by atoms with E-state index in [0.717, 1.165) is 23.1 Å². The molecule has 0 aliphatic heterocycles. The third kappa shape index (κ3) is 2.47. The van der Waals surface area contributed by atoms with Gasteiger partial charge in [0.05, 0.1) is 0 Å². The van der Waals surface area contributed by atoms with E-state index in [2.05, 4.69) is 5.10 Å². The SMILES string of the molecule is CC(C(N)=O)n1nc(-c2ccc(Cl)cc2)n(C2CC2)c1=O. The molecule has 110 valence electrons. The molecule has 1 aromatic carbocycles. The lowest BCUT2D eigenvalue weighted by Gasteiger charge is -2.04. The van der Waals surface area contributed by atoms with Crippen molar-refractivity contribution in [1.82, 2.24) is 14.3 Å². The van der Waals surface area contributed by atoms with Crippen molar-refractivity contribution in [3.05, 3.63) is 39.8 Å². The van der Waals surface area contributed by atoms with Gasteiger partial charge in [-0.1, -0.05) is 11.6 Å². The average molecular weight is 307 g/mol. The first-order valence-electron chi connectivity index (χ1n) is 6.75. The quantitative estimate of drug-likeness (QED) is 0.934. The van der Waals surface area contributed by atoms with E-state index in [1.807, 2.05) is 12.1 Å². The highest BCUT2D eigenvalue weighted by Crippen LogP contribution is 2.36. The van der Waals surface area contributed by atoms with Gasteiger partial charge in [-0.2, -0.15) is 0 Å². The fourth-order valence-electron chi connectivity index (χ4n) is 2.22. The van der Waals surface area contributed by atoms with Crippen LogP contribution >= 0.6 is 11.6 Å². The number of nitrogens with two attached hydrogens (primary N) is 1. The molecule has 3 rings (SSSR count). The molecular weight excluding hydrogens is 292 g/mol. The first kappa shape index (κ1) is 13.9. The minimum absolute atomic E-state index is 0.150. The predicted molar refractivity (Wildman–Crippen MR) is 79.1 cm³/mol. The predicted octanol–water partition coefficient (Wildman–Crippen LogP) is 1.75. The van der Waals surface area contributed by atoms with Gasteiger partial charge in [-0.3, -0.25) is 9.36 Å². The molecule has 7 heteroatoms. The fraction of sp³-hybridized carbons (Fsp3) is 0.357. The standard InChI is InChI=1S/C14H15ClN4O2/c1-8(12(16)20)19-14(21)18(11-6-7-11)13(17-19)9-2-4-10(15)5-3-9/h2-5,8,11H,6-7H2,1H3,(H2,16,20). The summed E-state index contributed by atoms with van der Waals surface area (Å²) in [6.45, 7) is 1.57. The maximum atomic E-state index is 12.5. The van der Waals surface area contributed by atoms with Crippen LogP contribution < -0.4 is 11.4 Å². The summed E-state index contributed by atoms with van der Waals surface area (Å²) in [5.74, 6) is -0.0348. The highest BCUT2D eigenvalue weighted by atomic mass is 35.5. The first-order chi connectivity index (χ1) is 9.99. The number of carbonyl (C=O) groups is 1. The highest BCUT2D eigenvalue weighted by molar-refractivity contribution is 6.30. The highest BCUT2D eigenvalue weighted by Gasteiger charge is 2.31. The summed E-state index contributed by atoms with van der Waals surface area (Å²) in [5, 5.41) is 4.93. The van der Waals surface area contributed by atoms with E-state index in [1.165, 1.54) is 0 Å². The molecule has 0 radical (unpaired) electrons. The second-order valence-corrected chi connectivity index (χ2v) is 5.67. The number of hydrogen-bond acceptors (Lipinski definition) is 3. The van der Waals surface area contributed by atoms with E-state index in [4.69, 9.17) is 17.3 Å². The maximum Gasteiger partial charge on any atom is 0.347 e. The Morgan fingerprint density at radius 2 is 2.00 bits per heavy atom. The molecule has 1 aliphatic rings. The van der Waals surface area contributed by atoms with E-state index >= 15 is 0 Å². The number of amides is 1. The van der Waals surface area contributed by atoms with Crippen molar-refractivity contribution in [3.63, 3.8) is 0 Å². The van der Waals surface area contributed by atoms with Crippen molar-refractivity contribution in [2.45, 2.75) is 31.8 Å². The number of primary amides is 1. The molecule has 2 aromatic rings. The van der Waals surface area contributed by atoms with Crippen LogP contribution in [0.3, 0.4) is 0 Å². The van der Waals surface area contributed by atoms with Crippen molar-refractivity contribution in [2.24, 2.45) is 5.73 Å². The molecular formula is C14H15ClN4O2. The molecule has 1 unspecified atom stereocenters. The van der Waals surface area contributed by atoms with Gasteiger partial charge >= 0.3 is 5.69 Å². The molecule has 0 spiro atoms. The van der Waals surface area contributed by atoms with Gasteiger partial charge in [-0.05, 0) is 44.0 Å². The molecule has 6 nitrogen and oxygen atoms in total. The van der Waals surface area contributed by atoms with Crippen LogP contribution in [0.5, 0.6) is 0 Å². The molecule has 1 atom stereocenters. The van der Waals surface area contributed by atoms with Crippen LogP contribution in [0.4, 0.5) is 0 Å². The van der Waals surface area contributed by atoms with Gasteiger partial charge in [0, 0.05) is 16.6 Å². The van der Waals surface area contributed by atoms with Crippen LogP contribution in [0.1, 0.15) is 31.8 Å². The number of halogens is 1. The summed E-state index contributed by atoms with van der Waals surface area (Å²) in [6.07, 6.45) is 1.88. The van der Waals surface area contributed by atoms with Gasteiger partial charge in [0.1, 0.15) is 6.04 Å². The number of nitrogens with zero attached hydrogens (tertiary/aromatic N) is 3. The Kier molecular flexibility index (Phi) is 3.33. The third-order valence-corrected chi connectivity index (χ3v) is 3.88. The zero-order valence-corrected chi connectivity index (χ0v) is 12.2. The van der Waals surface area contributed by atoms with Crippen molar-refractivity contribution < 1.29 is 4.79 Å². The molecule has 0 bridgehead atoms. The van der Waals surface area contributed by atoms with Crippen molar-refractivity contribution >= 4 is 17.5 Å². The largest absolute Gasteiger partial charge is 0.368 e. The Balaban J connectivity index is 2.15. The average Bonchev–Trinajstić information content (AvgIpc) is 3.22. The Bertz CT molecular complexity index is 743. The van der Waals surface area contributed by atoms with Crippen LogP contribution in [0.15, 0.2) is 29.1 Å². The van der Waals surface area contributed by atoms with E-state index in [1.54, 1.807) is 23.6 Å². The van der Waals surface area contributed by atoms with Gasteiger partial charge in [0.25, 0.3) is 0 Å². The maximum absolute atomic E-state index is 12.5. The summed E-state index contributed by atoms with van der Waals surface area (Å²) in [6, 6.07) is 6.48. The molecule has 1 amide bonds. The lowest BCUT2D eigenvalue weighted by atomic mass is 10.2. The van der Waals surface area contributed by atoms with Gasteiger partial charge < -0.3 is 5.73 Å². The minimum Gasteiger partial charge on any atom is -0.368 e. The topological polar surface area (TPSA) is 82.9 Å². The van der Waals surface area contributed by atoms with Crippen molar-refractivity contribution in [2.75, 3.05) is 0 Å². The van der Waals surface area contributed by atoms with Crippen LogP contribution in [0.2, 0.25) is 5.02 Å². The first-order valence-corrected chi connectivity index (χ1v) is 7.13. The molecule has 2 N–H and O–H groups in total. The van der Waals surface area contributed by atoms with Crippen molar-refractivity contribution in [3.8, 4) is 11.4 Å².